The van der Waals surface area contributed by atoms with Gasteiger partial charge in [-0.3, -0.25) is 9.59 Å². The van der Waals surface area contributed by atoms with Crippen molar-refractivity contribution in [3.8, 4) is 16.2 Å². The molecule has 1 aromatic heterocycles. The van der Waals surface area contributed by atoms with E-state index in [0.717, 1.165) is 29.5 Å². The number of hydrogen-bond donors (Lipinski definition) is 3. The number of halogens is 4. The van der Waals surface area contributed by atoms with Gasteiger partial charge in [-0.2, -0.15) is 13.2 Å². The summed E-state index contributed by atoms with van der Waals surface area (Å²) in [6.07, 6.45) is 4.14. The largest absolute Gasteiger partial charge is 0.501 e. The lowest BCUT2D eigenvalue weighted by atomic mass is 9.87. The Morgan fingerprint density at radius 2 is 1.77 bits per heavy atom. The number of anilines is 1. The molecular weight excluding hydrogens is 616 g/mol. The van der Waals surface area contributed by atoms with E-state index in [4.69, 9.17) is 4.74 Å². The van der Waals surface area contributed by atoms with Crippen LogP contribution in [0.2, 0.25) is 0 Å². The van der Waals surface area contributed by atoms with E-state index in [9.17, 15) is 45.5 Å². The summed E-state index contributed by atoms with van der Waals surface area (Å²) in [5, 5.41) is 14.5. The van der Waals surface area contributed by atoms with E-state index in [-0.39, 0.29) is 44.2 Å². The van der Waals surface area contributed by atoms with Crippen LogP contribution in [-0.4, -0.2) is 50.0 Å². The minimum absolute atomic E-state index is 0.0274. The average Bonchev–Trinajstić information content (AvgIpc) is 3.69. The van der Waals surface area contributed by atoms with Gasteiger partial charge in [-0.05, 0) is 54.7 Å². The van der Waals surface area contributed by atoms with E-state index < -0.39 is 55.8 Å². The molecule has 1 fully saturated rings. The van der Waals surface area contributed by atoms with Crippen molar-refractivity contribution in [3.63, 3.8) is 0 Å². The number of allylic oxidation sites excluding steroid dienone is 1. The third-order valence-corrected chi connectivity index (χ3v) is 9.98. The first-order valence-corrected chi connectivity index (χ1v) is 14.9. The highest BCUT2D eigenvalue weighted by Crippen LogP contribution is 2.45. The smallest absolute Gasteiger partial charge is 0.496 e. The van der Waals surface area contributed by atoms with Crippen molar-refractivity contribution in [2.45, 2.75) is 22.9 Å². The van der Waals surface area contributed by atoms with E-state index >= 15 is 0 Å². The van der Waals surface area contributed by atoms with E-state index in [2.05, 4.69) is 10.6 Å². The topological polar surface area (TPSA) is 139 Å². The molecule has 1 saturated carbocycles. The second kappa shape index (κ2) is 11.1. The SMILES string of the molecule is COc1cc(F)c(-c2ccc(C(=O)O)s2)cc1C(=O)N[C@@H]1[C@H](C(=O)Nc2cccc(S(=O)(=O)C(F)(F)F)c2)[C@H]2C=C[C@@H]1C2. The van der Waals surface area contributed by atoms with Gasteiger partial charge in [0.15, 0.2) is 0 Å². The number of methoxy groups -OCH3 is 1. The van der Waals surface area contributed by atoms with Crippen LogP contribution in [0.4, 0.5) is 23.2 Å². The number of carbonyl (C=O) groups is 3. The number of ether oxygens (including phenoxy) is 1. The fourth-order valence-electron chi connectivity index (χ4n) is 5.39. The summed E-state index contributed by atoms with van der Waals surface area (Å²) in [7, 11) is -4.40. The number of carboxylic acids is 1. The van der Waals surface area contributed by atoms with Crippen LogP contribution in [0.5, 0.6) is 5.75 Å². The van der Waals surface area contributed by atoms with Gasteiger partial charge in [-0.25, -0.2) is 17.6 Å². The summed E-state index contributed by atoms with van der Waals surface area (Å²) in [5.41, 5.74) is -5.79. The molecule has 2 aliphatic carbocycles. The molecule has 2 bridgehead atoms. The fraction of sp³-hybridized carbons (Fsp3) is 0.250. The van der Waals surface area contributed by atoms with Gasteiger partial charge >= 0.3 is 11.5 Å². The number of sulfone groups is 1. The second-order valence-electron chi connectivity index (χ2n) is 9.94. The predicted octanol–water partition coefficient (Wildman–Crippen LogP) is 5.11. The normalized spacial score (nSPS) is 21.0. The Hall–Kier alpha value is -4.24. The van der Waals surface area contributed by atoms with Crippen LogP contribution >= 0.6 is 11.3 Å². The van der Waals surface area contributed by atoms with E-state index in [0.29, 0.717) is 12.5 Å². The fourth-order valence-corrected chi connectivity index (χ4v) is 7.06. The van der Waals surface area contributed by atoms with Crippen molar-refractivity contribution >= 4 is 44.6 Å². The minimum Gasteiger partial charge on any atom is -0.496 e. The summed E-state index contributed by atoms with van der Waals surface area (Å²) in [4.78, 5) is 37.4. The summed E-state index contributed by atoms with van der Waals surface area (Å²) in [6, 6.07) is 7.98. The molecule has 15 heteroatoms. The number of carbonyl (C=O) groups excluding carboxylic acids is 2. The van der Waals surface area contributed by atoms with Crippen molar-refractivity contribution in [3.05, 3.63) is 76.9 Å². The highest BCUT2D eigenvalue weighted by molar-refractivity contribution is 7.92. The van der Waals surface area contributed by atoms with Crippen molar-refractivity contribution in [2.75, 3.05) is 12.4 Å². The lowest BCUT2D eigenvalue weighted by Crippen LogP contribution is -2.47. The summed E-state index contributed by atoms with van der Waals surface area (Å²) >= 11 is 0.820. The van der Waals surface area contributed by atoms with Gasteiger partial charge in [-0.1, -0.05) is 18.2 Å². The first-order valence-electron chi connectivity index (χ1n) is 12.6. The molecule has 0 unspecified atom stereocenters. The number of benzene rings is 2. The molecular formula is C28H22F4N2O7S2. The van der Waals surface area contributed by atoms with E-state index in [1.54, 1.807) is 6.08 Å². The molecule has 0 spiro atoms. The minimum atomic E-state index is -5.64. The number of thiophene rings is 1. The third kappa shape index (κ3) is 5.61. The molecule has 2 aliphatic rings. The van der Waals surface area contributed by atoms with Crippen LogP contribution in [0.3, 0.4) is 0 Å². The number of nitrogens with one attached hydrogen (secondary N) is 2. The lowest BCUT2D eigenvalue weighted by molar-refractivity contribution is -0.121. The third-order valence-electron chi connectivity index (χ3n) is 7.39. The Balaban J connectivity index is 1.40. The van der Waals surface area contributed by atoms with Gasteiger partial charge in [0.1, 0.15) is 16.4 Å². The van der Waals surface area contributed by atoms with Gasteiger partial charge in [0.2, 0.25) is 5.91 Å². The van der Waals surface area contributed by atoms with E-state index in [1.165, 1.54) is 31.4 Å². The molecule has 1 heterocycles. The number of rotatable bonds is 8. The van der Waals surface area contributed by atoms with Crippen LogP contribution in [0.15, 0.2) is 65.6 Å². The summed E-state index contributed by atoms with van der Waals surface area (Å²) < 4.78 is 82.9. The van der Waals surface area contributed by atoms with E-state index in [1.807, 2.05) is 6.08 Å². The number of alkyl halides is 3. The van der Waals surface area contributed by atoms with Crippen molar-refractivity contribution in [2.24, 2.45) is 17.8 Å². The molecule has 9 nitrogen and oxygen atoms in total. The number of amides is 2. The second-order valence-corrected chi connectivity index (χ2v) is 13.0. The summed E-state index contributed by atoms with van der Waals surface area (Å²) in [6.45, 7) is 0. The molecule has 0 saturated heterocycles. The van der Waals surface area contributed by atoms with Gasteiger partial charge in [0, 0.05) is 28.2 Å². The Labute approximate surface area is 246 Å². The standard InChI is InChI=1S/C28H22F4N2O7S2/c1-41-20-12-19(29)17(21-7-8-22(42-21)27(37)38)11-18(20)25(35)34-24-14-6-5-13(9-14)23(24)26(36)33-15-3-2-4-16(10-15)43(39,40)28(30,31)32/h2-8,10-14,23-24H,9H2,1H3,(H,33,36)(H,34,35)(H,37,38)/t13-,14+,23+,24-/m0/s1. The van der Waals surface area contributed by atoms with Crippen molar-refractivity contribution < 1.29 is 50.2 Å². The van der Waals surface area contributed by atoms with Gasteiger partial charge in [0.05, 0.1) is 23.5 Å². The van der Waals surface area contributed by atoms with Crippen LogP contribution in [0.1, 0.15) is 26.5 Å². The maximum absolute atomic E-state index is 14.9. The van der Waals surface area contributed by atoms with Crippen LogP contribution in [0, 0.1) is 23.6 Å². The molecule has 3 N–H and O–H groups in total. The lowest BCUT2D eigenvalue weighted by Gasteiger charge is -2.28. The van der Waals surface area contributed by atoms with Gasteiger partial charge < -0.3 is 20.5 Å². The molecule has 226 valence electrons. The molecule has 5 rings (SSSR count). The number of aromatic carboxylic acids is 1. The zero-order valence-electron chi connectivity index (χ0n) is 22.0. The molecule has 0 radical (unpaired) electrons. The monoisotopic (exact) mass is 638 g/mol. The Morgan fingerprint density at radius 1 is 1.05 bits per heavy atom. The Kier molecular flexibility index (Phi) is 7.81. The Morgan fingerprint density at radius 3 is 2.42 bits per heavy atom. The maximum Gasteiger partial charge on any atom is 0.501 e. The first kappa shape index (κ1) is 30.2. The maximum atomic E-state index is 14.9. The van der Waals surface area contributed by atoms with Crippen LogP contribution in [0.25, 0.3) is 10.4 Å². The predicted molar refractivity (Wildman–Crippen MR) is 147 cm³/mol. The Bertz CT molecular complexity index is 1770. The molecule has 43 heavy (non-hydrogen) atoms. The van der Waals surface area contributed by atoms with Gasteiger partial charge in [-0.15, -0.1) is 11.3 Å². The number of carboxylic acid groups (broad SMARTS) is 1. The van der Waals surface area contributed by atoms with Crippen molar-refractivity contribution in [1.29, 1.82) is 0 Å². The molecule has 2 amide bonds. The average molecular weight is 639 g/mol. The van der Waals surface area contributed by atoms with Gasteiger partial charge in [0.25, 0.3) is 15.7 Å². The van der Waals surface area contributed by atoms with Crippen molar-refractivity contribution in [1.82, 2.24) is 5.32 Å². The highest BCUT2D eigenvalue weighted by Gasteiger charge is 2.49. The molecule has 3 aromatic rings. The molecule has 2 aromatic carbocycles. The van der Waals surface area contributed by atoms with Crippen LogP contribution in [-0.2, 0) is 14.6 Å². The summed E-state index contributed by atoms with van der Waals surface area (Å²) in [5.74, 6) is -4.82. The zero-order chi connectivity index (χ0) is 31.3. The first-order chi connectivity index (χ1) is 20.2. The molecule has 4 atom stereocenters. The van der Waals surface area contributed by atoms with Crippen LogP contribution < -0.4 is 15.4 Å². The quantitative estimate of drug-likeness (QED) is 0.230. The molecule has 0 aliphatic heterocycles. The number of hydrogen-bond acceptors (Lipinski definition) is 7. The highest BCUT2D eigenvalue weighted by atomic mass is 32.2. The zero-order valence-corrected chi connectivity index (χ0v) is 23.6. The number of fused-ring (bicyclic) bond motifs is 2.